The molecular formula is C17H27N5O. The van der Waals surface area contributed by atoms with Crippen LogP contribution in [0.4, 0.5) is 0 Å². The Hall–Kier alpha value is -1.69. The number of nitrogens with one attached hydrogen (secondary N) is 1. The van der Waals surface area contributed by atoms with Gasteiger partial charge in [-0.05, 0) is 33.1 Å². The quantitative estimate of drug-likeness (QED) is 0.937. The van der Waals surface area contributed by atoms with E-state index in [1.54, 1.807) is 0 Å². The van der Waals surface area contributed by atoms with E-state index in [1.165, 1.54) is 17.7 Å². The number of hydrogen-bond acceptors (Lipinski definition) is 5. The molecule has 0 spiro atoms. The lowest BCUT2D eigenvalue weighted by Crippen LogP contribution is -2.28. The second kappa shape index (κ2) is 6.07. The SMILES string of the molecule is CCn1ncc2c1CCC[C@@H]2N[C@H](C)c1nc(C(C)(C)C)no1. The number of hydrogen-bond donors (Lipinski definition) is 1. The second-order valence-electron chi connectivity index (χ2n) is 7.40. The van der Waals surface area contributed by atoms with Crippen molar-refractivity contribution >= 4 is 0 Å². The van der Waals surface area contributed by atoms with Gasteiger partial charge in [0.1, 0.15) is 0 Å². The van der Waals surface area contributed by atoms with E-state index in [-0.39, 0.29) is 11.5 Å². The van der Waals surface area contributed by atoms with E-state index in [9.17, 15) is 0 Å². The number of fused-ring (bicyclic) bond motifs is 1. The summed E-state index contributed by atoms with van der Waals surface area (Å²) >= 11 is 0. The molecule has 126 valence electrons. The maximum absolute atomic E-state index is 5.46. The summed E-state index contributed by atoms with van der Waals surface area (Å²) in [7, 11) is 0. The van der Waals surface area contributed by atoms with E-state index in [4.69, 9.17) is 4.52 Å². The molecule has 0 unspecified atom stereocenters. The van der Waals surface area contributed by atoms with Gasteiger partial charge < -0.3 is 4.52 Å². The molecule has 2 aromatic rings. The third-order valence-corrected chi connectivity index (χ3v) is 4.50. The summed E-state index contributed by atoms with van der Waals surface area (Å²) in [6, 6.07) is 0.332. The molecule has 0 saturated heterocycles. The van der Waals surface area contributed by atoms with E-state index in [0.717, 1.165) is 25.2 Å². The molecule has 23 heavy (non-hydrogen) atoms. The van der Waals surface area contributed by atoms with E-state index in [1.807, 2.05) is 6.20 Å². The molecule has 0 aliphatic heterocycles. The van der Waals surface area contributed by atoms with Crippen LogP contribution in [-0.4, -0.2) is 19.9 Å². The number of nitrogens with zero attached hydrogens (tertiary/aromatic N) is 4. The van der Waals surface area contributed by atoms with Crippen LogP contribution < -0.4 is 5.32 Å². The molecule has 1 aliphatic rings. The first-order valence-electron chi connectivity index (χ1n) is 8.55. The Bertz CT molecular complexity index is 667. The summed E-state index contributed by atoms with van der Waals surface area (Å²) in [4.78, 5) is 4.56. The lowest BCUT2D eigenvalue weighted by Gasteiger charge is -2.26. The van der Waals surface area contributed by atoms with Gasteiger partial charge in [-0.25, -0.2) is 0 Å². The Labute approximate surface area is 137 Å². The van der Waals surface area contributed by atoms with Gasteiger partial charge in [-0.3, -0.25) is 10.00 Å². The van der Waals surface area contributed by atoms with Crippen LogP contribution >= 0.6 is 0 Å². The minimum atomic E-state index is -0.0955. The van der Waals surface area contributed by atoms with E-state index in [0.29, 0.717) is 11.9 Å². The molecule has 0 bridgehead atoms. The molecule has 0 saturated carbocycles. The Kier molecular flexibility index (Phi) is 4.27. The third-order valence-electron chi connectivity index (χ3n) is 4.50. The minimum absolute atomic E-state index is 0.0273. The normalized spacial score (nSPS) is 19.6. The van der Waals surface area contributed by atoms with Crippen molar-refractivity contribution in [3.8, 4) is 0 Å². The summed E-state index contributed by atoms with van der Waals surface area (Å²) in [5.41, 5.74) is 2.59. The second-order valence-corrected chi connectivity index (χ2v) is 7.40. The smallest absolute Gasteiger partial charge is 0.243 e. The Morgan fingerprint density at radius 3 is 2.87 bits per heavy atom. The first kappa shape index (κ1) is 16.2. The first-order chi connectivity index (χ1) is 10.9. The molecule has 0 amide bonds. The molecule has 2 atom stereocenters. The van der Waals surface area contributed by atoms with Crippen molar-refractivity contribution in [1.82, 2.24) is 25.2 Å². The summed E-state index contributed by atoms with van der Waals surface area (Å²) in [6.07, 6.45) is 5.43. The van der Waals surface area contributed by atoms with Crippen LogP contribution in [0.2, 0.25) is 0 Å². The van der Waals surface area contributed by atoms with Crippen molar-refractivity contribution in [2.75, 3.05) is 0 Å². The lowest BCUT2D eigenvalue weighted by molar-refractivity contribution is 0.309. The monoisotopic (exact) mass is 317 g/mol. The topological polar surface area (TPSA) is 68.8 Å². The van der Waals surface area contributed by atoms with Crippen molar-refractivity contribution < 1.29 is 4.52 Å². The summed E-state index contributed by atoms with van der Waals surface area (Å²) in [6.45, 7) is 11.4. The molecule has 2 aromatic heterocycles. The van der Waals surface area contributed by atoms with E-state index < -0.39 is 0 Å². The third kappa shape index (κ3) is 3.17. The molecule has 1 aliphatic carbocycles. The van der Waals surface area contributed by atoms with Crippen LogP contribution in [0.25, 0.3) is 0 Å². The van der Waals surface area contributed by atoms with Gasteiger partial charge in [-0.15, -0.1) is 0 Å². The average molecular weight is 317 g/mol. The van der Waals surface area contributed by atoms with Crippen molar-refractivity contribution in [3.63, 3.8) is 0 Å². The Balaban J connectivity index is 1.75. The fourth-order valence-corrected chi connectivity index (χ4v) is 3.15. The largest absolute Gasteiger partial charge is 0.338 e. The van der Waals surface area contributed by atoms with Crippen molar-refractivity contribution in [3.05, 3.63) is 29.2 Å². The van der Waals surface area contributed by atoms with Crippen molar-refractivity contribution in [2.45, 2.75) is 77.9 Å². The van der Waals surface area contributed by atoms with Crippen molar-refractivity contribution in [2.24, 2.45) is 0 Å². The fourth-order valence-electron chi connectivity index (χ4n) is 3.15. The summed E-state index contributed by atoms with van der Waals surface area (Å²) in [5.74, 6) is 1.41. The van der Waals surface area contributed by atoms with Gasteiger partial charge in [-0.1, -0.05) is 25.9 Å². The van der Waals surface area contributed by atoms with Gasteiger partial charge >= 0.3 is 0 Å². The van der Waals surface area contributed by atoms with Gasteiger partial charge in [0, 0.05) is 29.3 Å². The molecule has 2 heterocycles. The van der Waals surface area contributed by atoms with Crippen LogP contribution in [0.15, 0.2) is 10.7 Å². The maximum Gasteiger partial charge on any atom is 0.243 e. The highest BCUT2D eigenvalue weighted by Crippen LogP contribution is 2.31. The van der Waals surface area contributed by atoms with Gasteiger partial charge in [0.15, 0.2) is 5.82 Å². The molecular weight excluding hydrogens is 290 g/mol. The highest BCUT2D eigenvalue weighted by molar-refractivity contribution is 5.25. The van der Waals surface area contributed by atoms with E-state index >= 15 is 0 Å². The predicted molar refractivity (Wildman–Crippen MR) is 88.1 cm³/mol. The lowest BCUT2D eigenvalue weighted by atomic mass is 9.92. The number of aryl methyl sites for hydroxylation is 1. The molecule has 6 nitrogen and oxygen atoms in total. The fraction of sp³-hybridized carbons (Fsp3) is 0.706. The van der Waals surface area contributed by atoms with Crippen LogP contribution in [0.5, 0.6) is 0 Å². The number of aromatic nitrogens is 4. The zero-order valence-corrected chi connectivity index (χ0v) is 14.8. The van der Waals surface area contributed by atoms with Crippen LogP contribution in [0.1, 0.15) is 82.5 Å². The summed E-state index contributed by atoms with van der Waals surface area (Å²) < 4.78 is 7.57. The minimum Gasteiger partial charge on any atom is -0.338 e. The van der Waals surface area contributed by atoms with Gasteiger partial charge in [0.05, 0.1) is 12.2 Å². The maximum atomic E-state index is 5.46. The van der Waals surface area contributed by atoms with Crippen LogP contribution in [0.3, 0.4) is 0 Å². The average Bonchev–Trinajstić information content (AvgIpc) is 3.14. The van der Waals surface area contributed by atoms with Gasteiger partial charge in [-0.2, -0.15) is 10.1 Å². The molecule has 1 N–H and O–H groups in total. The predicted octanol–water partition coefficient (Wildman–Crippen LogP) is 3.31. The van der Waals surface area contributed by atoms with Crippen LogP contribution in [-0.2, 0) is 18.4 Å². The zero-order valence-electron chi connectivity index (χ0n) is 14.8. The molecule has 6 heteroatoms. The van der Waals surface area contributed by atoms with Crippen LogP contribution in [0, 0.1) is 0 Å². The first-order valence-corrected chi connectivity index (χ1v) is 8.55. The molecule has 0 aromatic carbocycles. The molecule has 3 rings (SSSR count). The standard InChI is InChI=1S/C17H27N5O/c1-6-22-14-9-7-8-13(12(14)10-18-22)19-11(2)15-20-16(21-23-15)17(3,4)5/h10-11,13,19H,6-9H2,1-5H3/t11-,13+/m1/s1. The molecule has 0 radical (unpaired) electrons. The highest BCUT2D eigenvalue weighted by Gasteiger charge is 2.28. The number of rotatable bonds is 4. The van der Waals surface area contributed by atoms with E-state index in [2.05, 4.69) is 59.9 Å². The Morgan fingerprint density at radius 2 is 2.22 bits per heavy atom. The molecule has 0 fully saturated rings. The van der Waals surface area contributed by atoms with Gasteiger partial charge in [0.2, 0.25) is 5.89 Å². The zero-order chi connectivity index (χ0) is 16.6. The van der Waals surface area contributed by atoms with Gasteiger partial charge in [0.25, 0.3) is 0 Å². The summed E-state index contributed by atoms with van der Waals surface area (Å²) in [5, 5.41) is 12.3. The van der Waals surface area contributed by atoms with Crippen molar-refractivity contribution in [1.29, 1.82) is 0 Å². The Morgan fingerprint density at radius 1 is 1.43 bits per heavy atom. The highest BCUT2D eigenvalue weighted by atomic mass is 16.5.